The molecule has 1 aromatic heterocycles. The van der Waals surface area contributed by atoms with Crippen molar-refractivity contribution in [1.29, 1.82) is 0 Å². The van der Waals surface area contributed by atoms with E-state index in [9.17, 15) is 14.7 Å². The number of carbonyl (C=O) groups excluding carboxylic acids is 2. The second kappa shape index (κ2) is 8.80. The van der Waals surface area contributed by atoms with Gasteiger partial charge in [0, 0.05) is 30.1 Å². The molecule has 2 aromatic rings. The minimum absolute atomic E-state index is 0.00735. The highest BCUT2D eigenvalue weighted by molar-refractivity contribution is 6.30. The van der Waals surface area contributed by atoms with Gasteiger partial charge in [0.2, 0.25) is 0 Å². The van der Waals surface area contributed by atoms with Gasteiger partial charge in [0.25, 0.3) is 11.8 Å². The zero-order valence-corrected chi connectivity index (χ0v) is 16.8. The Balaban J connectivity index is 1.87. The van der Waals surface area contributed by atoms with Gasteiger partial charge in [-0.2, -0.15) is 0 Å². The number of hydrogen-bond donors (Lipinski definition) is 3. The quantitative estimate of drug-likeness (QED) is 0.711. The largest absolute Gasteiger partial charge is 0.454 e. The van der Waals surface area contributed by atoms with Crippen molar-refractivity contribution in [3.8, 4) is 0 Å². The molecule has 1 unspecified atom stereocenters. The first-order valence-electron chi connectivity index (χ1n) is 9.49. The summed E-state index contributed by atoms with van der Waals surface area (Å²) in [6.07, 6.45) is 2.52. The molecule has 150 valence electrons. The summed E-state index contributed by atoms with van der Waals surface area (Å²) in [4.78, 5) is 25.0. The molecule has 1 fully saturated rings. The SMILES string of the molecule is CNC(=O)c1cc(C(=O)N[C@H]2CC[C@H](O)CC2)c(C(C)c2ccc(Cl)cc2)o1. The first-order chi connectivity index (χ1) is 13.4. The van der Waals surface area contributed by atoms with Gasteiger partial charge >= 0.3 is 0 Å². The van der Waals surface area contributed by atoms with Crippen LogP contribution in [0.15, 0.2) is 34.7 Å². The number of carbonyl (C=O) groups is 2. The van der Waals surface area contributed by atoms with Crippen LogP contribution >= 0.6 is 11.6 Å². The maximum atomic E-state index is 12.9. The molecular weight excluding hydrogens is 380 g/mol. The van der Waals surface area contributed by atoms with Gasteiger partial charge in [-0.25, -0.2) is 0 Å². The molecule has 2 amide bonds. The van der Waals surface area contributed by atoms with Crippen molar-refractivity contribution in [3.05, 3.63) is 58.0 Å². The zero-order valence-electron chi connectivity index (χ0n) is 16.0. The summed E-state index contributed by atoms with van der Waals surface area (Å²) in [6, 6.07) is 8.81. The van der Waals surface area contributed by atoms with Gasteiger partial charge in [-0.05, 0) is 43.4 Å². The van der Waals surface area contributed by atoms with E-state index in [2.05, 4.69) is 10.6 Å². The monoisotopic (exact) mass is 404 g/mol. The molecule has 1 saturated carbocycles. The Bertz CT molecular complexity index is 839. The van der Waals surface area contributed by atoms with E-state index in [1.165, 1.54) is 13.1 Å². The second-order valence-electron chi connectivity index (χ2n) is 7.22. The van der Waals surface area contributed by atoms with Crippen LogP contribution in [-0.4, -0.2) is 36.1 Å². The average molecular weight is 405 g/mol. The first kappa shape index (κ1) is 20.4. The standard InChI is InChI=1S/C21H25ClN2O4/c1-12(13-3-5-14(22)6-4-13)19-17(11-18(28-19)21(27)23-2)20(26)24-15-7-9-16(25)10-8-15/h3-6,11-12,15-16,25H,7-10H2,1-2H3,(H,23,27)(H,24,26)/t12?,15-,16-. The number of hydrogen-bond acceptors (Lipinski definition) is 4. The van der Waals surface area contributed by atoms with E-state index in [-0.39, 0.29) is 35.6 Å². The Hall–Kier alpha value is -2.31. The van der Waals surface area contributed by atoms with Gasteiger partial charge in [0.05, 0.1) is 11.7 Å². The highest BCUT2D eigenvalue weighted by Gasteiger charge is 2.28. The molecule has 0 radical (unpaired) electrons. The predicted octanol–water partition coefficient (Wildman–Crippen LogP) is 3.48. The summed E-state index contributed by atoms with van der Waals surface area (Å²) in [7, 11) is 1.51. The average Bonchev–Trinajstić information content (AvgIpc) is 3.15. The van der Waals surface area contributed by atoms with Crippen LogP contribution in [0.25, 0.3) is 0 Å². The Morgan fingerprint density at radius 3 is 2.39 bits per heavy atom. The second-order valence-corrected chi connectivity index (χ2v) is 7.66. The molecule has 3 rings (SSSR count). The van der Waals surface area contributed by atoms with E-state index in [1.807, 2.05) is 19.1 Å². The minimum atomic E-state index is -0.385. The summed E-state index contributed by atoms with van der Waals surface area (Å²) in [5, 5.41) is 15.8. The molecule has 7 heteroatoms. The van der Waals surface area contributed by atoms with E-state index in [4.69, 9.17) is 16.0 Å². The molecule has 0 aliphatic heterocycles. The lowest BCUT2D eigenvalue weighted by atomic mass is 9.92. The first-order valence-corrected chi connectivity index (χ1v) is 9.87. The molecule has 0 spiro atoms. The number of nitrogens with one attached hydrogen (secondary N) is 2. The van der Waals surface area contributed by atoms with Gasteiger partial charge in [0.1, 0.15) is 5.76 Å². The highest BCUT2D eigenvalue weighted by Crippen LogP contribution is 2.31. The molecule has 1 heterocycles. The summed E-state index contributed by atoms with van der Waals surface area (Å²) in [6.45, 7) is 1.92. The Kier molecular flexibility index (Phi) is 6.42. The van der Waals surface area contributed by atoms with Crippen LogP contribution in [0.4, 0.5) is 0 Å². The molecule has 3 N–H and O–H groups in total. The molecular formula is C21H25ClN2O4. The molecule has 0 bridgehead atoms. The van der Waals surface area contributed by atoms with Crippen molar-refractivity contribution in [3.63, 3.8) is 0 Å². The van der Waals surface area contributed by atoms with Gasteiger partial charge in [-0.1, -0.05) is 30.7 Å². The highest BCUT2D eigenvalue weighted by atomic mass is 35.5. The number of benzene rings is 1. The van der Waals surface area contributed by atoms with E-state index < -0.39 is 0 Å². The number of halogens is 1. The van der Waals surface area contributed by atoms with E-state index in [0.29, 0.717) is 29.2 Å². The topological polar surface area (TPSA) is 91.6 Å². The summed E-state index contributed by atoms with van der Waals surface area (Å²) in [5.41, 5.74) is 1.28. The summed E-state index contributed by atoms with van der Waals surface area (Å²) < 4.78 is 5.80. The maximum absolute atomic E-state index is 12.9. The third kappa shape index (κ3) is 4.56. The predicted molar refractivity (Wildman–Crippen MR) is 107 cm³/mol. The van der Waals surface area contributed by atoms with Crippen LogP contribution in [0.1, 0.15) is 70.8 Å². The Morgan fingerprint density at radius 1 is 1.14 bits per heavy atom. The number of aliphatic hydroxyl groups is 1. The molecule has 6 nitrogen and oxygen atoms in total. The molecule has 1 aliphatic carbocycles. The number of rotatable bonds is 5. The number of amides is 2. The van der Waals surface area contributed by atoms with Gasteiger partial charge in [-0.3, -0.25) is 9.59 Å². The summed E-state index contributed by atoms with van der Waals surface area (Å²) >= 11 is 5.97. The lowest BCUT2D eigenvalue weighted by Gasteiger charge is -2.26. The lowest BCUT2D eigenvalue weighted by Crippen LogP contribution is -2.38. The molecule has 28 heavy (non-hydrogen) atoms. The van der Waals surface area contributed by atoms with Crippen LogP contribution in [-0.2, 0) is 0 Å². The van der Waals surface area contributed by atoms with Gasteiger partial charge in [0.15, 0.2) is 5.76 Å². The van der Waals surface area contributed by atoms with Crippen LogP contribution in [0.5, 0.6) is 0 Å². The van der Waals surface area contributed by atoms with Crippen LogP contribution in [0.3, 0.4) is 0 Å². The third-order valence-electron chi connectivity index (χ3n) is 5.25. The maximum Gasteiger partial charge on any atom is 0.286 e. The fourth-order valence-electron chi connectivity index (χ4n) is 3.53. The normalized spacial score (nSPS) is 20.4. The molecule has 1 aromatic carbocycles. The lowest BCUT2D eigenvalue weighted by molar-refractivity contribution is 0.0864. The molecule has 1 aliphatic rings. The van der Waals surface area contributed by atoms with Gasteiger partial charge in [-0.15, -0.1) is 0 Å². The van der Waals surface area contributed by atoms with Crippen molar-refractivity contribution >= 4 is 23.4 Å². The fourth-order valence-corrected chi connectivity index (χ4v) is 3.65. The van der Waals surface area contributed by atoms with E-state index in [0.717, 1.165) is 18.4 Å². The minimum Gasteiger partial charge on any atom is -0.454 e. The Morgan fingerprint density at radius 2 is 1.79 bits per heavy atom. The van der Waals surface area contributed by atoms with E-state index >= 15 is 0 Å². The van der Waals surface area contributed by atoms with Crippen molar-refractivity contribution in [2.24, 2.45) is 0 Å². The third-order valence-corrected chi connectivity index (χ3v) is 5.50. The number of furan rings is 1. The molecule has 0 saturated heterocycles. The van der Waals surface area contributed by atoms with E-state index in [1.54, 1.807) is 12.1 Å². The zero-order chi connectivity index (χ0) is 20.3. The van der Waals surface area contributed by atoms with Gasteiger partial charge < -0.3 is 20.2 Å². The van der Waals surface area contributed by atoms with Crippen molar-refractivity contribution < 1.29 is 19.1 Å². The molecule has 1 atom stereocenters. The van der Waals surface area contributed by atoms with Crippen LogP contribution < -0.4 is 10.6 Å². The van der Waals surface area contributed by atoms with Crippen molar-refractivity contribution in [2.75, 3.05) is 7.05 Å². The van der Waals surface area contributed by atoms with Crippen molar-refractivity contribution in [1.82, 2.24) is 10.6 Å². The number of aliphatic hydroxyl groups excluding tert-OH is 1. The smallest absolute Gasteiger partial charge is 0.286 e. The Labute approximate surface area is 169 Å². The van der Waals surface area contributed by atoms with Crippen LogP contribution in [0, 0.1) is 0 Å². The van der Waals surface area contributed by atoms with Crippen LogP contribution in [0.2, 0.25) is 5.02 Å². The summed E-state index contributed by atoms with van der Waals surface area (Å²) in [5.74, 6) is -0.345. The van der Waals surface area contributed by atoms with Crippen molar-refractivity contribution in [2.45, 2.75) is 50.7 Å². The fraction of sp³-hybridized carbons (Fsp3) is 0.429.